The van der Waals surface area contributed by atoms with Crippen molar-refractivity contribution in [2.75, 3.05) is 40.4 Å². The van der Waals surface area contributed by atoms with Gasteiger partial charge in [0.25, 0.3) is 17.4 Å². The van der Waals surface area contributed by atoms with Crippen LogP contribution in [0.15, 0.2) is 48.0 Å². The van der Waals surface area contributed by atoms with Crippen LogP contribution in [0.25, 0.3) is 5.76 Å². The molecule has 0 unspecified atom stereocenters. The molecule has 0 spiro atoms. The largest absolute Gasteiger partial charge is 0.507 e. The van der Waals surface area contributed by atoms with Crippen LogP contribution in [0.1, 0.15) is 31.0 Å². The molecule has 1 aliphatic rings. The molecule has 35 heavy (non-hydrogen) atoms. The van der Waals surface area contributed by atoms with E-state index in [1.54, 1.807) is 18.2 Å². The molecule has 10 nitrogen and oxygen atoms in total. The van der Waals surface area contributed by atoms with E-state index in [1.165, 1.54) is 43.4 Å². The van der Waals surface area contributed by atoms with E-state index in [0.29, 0.717) is 23.6 Å². The lowest BCUT2D eigenvalue weighted by molar-refractivity contribution is -0.384. The van der Waals surface area contributed by atoms with Crippen LogP contribution in [-0.2, 0) is 9.59 Å². The van der Waals surface area contributed by atoms with E-state index in [0.717, 1.165) is 13.1 Å². The molecule has 2 aromatic rings. The second kappa shape index (κ2) is 11.0. The topological polar surface area (TPSA) is 122 Å². The van der Waals surface area contributed by atoms with Crippen molar-refractivity contribution in [3.63, 3.8) is 0 Å². The van der Waals surface area contributed by atoms with E-state index < -0.39 is 28.4 Å². The lowest BCUT2D eigenvalue weighted by Gasteiger charge is -2.28. The molecule has 2 aromatic carbocycles. The Bertz CT molecular complexity index is 1140. The van der Waals surface area contributed by atoms with Gasteiger partial charge in [0.05, 0.1) is 30.8 Å². The van der Waals surface area contributed by atoms with Crippen LogP contribution in [0, 0.1) is 10.1 Å². The molecule has 1 aliphatic heterocycles. The molecule has 0 aliphatic carbocycles. The molecular formula is C25H29N3O7. The number of non-ortho nitro benzene ring substituents is 1. The minimum absolute atomic E-state index is 0.0874. The zero-order valence-corrected chi connectivity index (χ0v) is 20.2. The Balaban J connectivity index is 2.14. The monoisotopic (exact) mass is 483 g/mol. The highest BCUT2D eigenvalue weighted by Gasteiger charge is 2.46. The third-order valence-corrected chi connectivity index (χ3v) is 6.17. The van der Waals surface area contributed by atoms with Gasteiger partial charge in [-0.25, -0.2) is 0 Å². The van der Waals surface area contributed by atoms with Crippen molar-refractivity contribution in [2.45, 2.75) is 19.9 Å². The zero-order chi connectivity index (χ0) is 25.7. The Hall–Kier alpha value is -3.92. The summed E-state index contributed by atoms with van der Waals surface area (Å²) in [4.78, 5) is 40.3. The van der Waals surface area contributed by atoms with Gasteiger partial charge in [0.15, 0.2) is 11.5 Å². The number of Topliss-reactive ketones (excluding diaryl/α,β-unsaturated/α-hetero) is 1. The maximum Gasteiger partial charge on any atom is 0.295 e. The fourth-order valence-electron chi connectivity index (χ4n) is 4.17. The van der Waals surface area contributed by atoms with Gasteiger partial charge in [-0.15, -0.1) is 0 Å². The first-order valence-electron chi connectivity index (χ1n) is 11.2. The van der Waals surface area contributed by atoms with E-state index in [9.17, 15) is 24.8 Å². The average Bonchev–Trinajstić information content (AvgIpc) is 3.13. The zero-order valence-electron chi connectivity index (χ0n) is 20.2. The molecular weight excluding hydrogens is 454 g/mol. The summed E-state index contributed by atoms with van der Waals surface area (Å²) in [6.07, 6.45) is 0. The quantitative estimate of drug-likeness (QED) is 0.179. The number of carbonyl (C=O) groups is 2. The second-order valence-electron chi connectivity index (χ2n) is 7.94. The molecule has 1 amide bonds. The first-order chi connectivity index (χ1) is 16.8. The van der Waals surface area contributed by atoms with Crippen molar-refractivity contribution in [1.29, 1.82) is 0 Å². The Morgan fingerprint density at radius 3 is 2.23 bits per heavy atom. The number of nitrogens with zero attached hydrogens (tertiary/aromatic N) is 3. The molecule has 186 valence electrons. The van der Waals surface area contributed by atoms with Crippen molar-refractivity contribution in [1.82, 2.24) is 9.80 Å². The molecule has 1 fully saturated rings. The number of likely N-dealkylation sites (tertiary alicyclic amines) is 1. The summed E-state index contributed by atoms with van der Waals surface area (Å²) in [6.45, 7) is 6.40. The third-order valence-electron chi connectivity index (χ3n) is 6.17. The van der Waals surface area contributed by atoms with Crippen molar-refractivity contribution >= 4 is 23.1 Å². The molecule has 1 N–H and O–H groups in total. The summed E-state index contributed by atoms with van der Waals surface area (Å²) < 4.78 is 10.7. The number of hydrogen-bond acceptors (Lipinski definition) is 8. The lowest BCUT2D eigenvalue weighted by atomic mass is 9.95. The summed E-state index contributed by atoms with van der Waals surface area (Å²) in [6, 6.07) is 9.35. The molecule has 0 aromatic heterocycles. The van der Waals surface area contributed by atoms with Crippen LogP contribution in [0.3, 0.4) is 0 Å². The second-order valence-corrected chi connectivity index (χ2v) is 7.94. The standard InChI is InChI=1S/C25H29N3O7/c1-5-26(6-2)13-14-27-22(17-9-12-19(34-3)20(15-17)35-4)21(24(30)25(27)31)23(29)16-7-10-18(11-8-16)28(32)33/h7-12,15,22,29H,5-6,13-14H2,1-4H3/b23-21+/t22-/m1/s1. The van der Waals surface area contributed by atoms with Crippen LogP contribution >= 0.6 is 0 Å². The van der Waals surface area contributed by atoms with Crippen molar-refractivity contribution in [3.8, 4) is 11.5 Å². The summed E-state index contributed by atoms with van der Waals surface area (Å²) in [5, 5.41) is 22.1. The number of nitro groups is 1. The number of amides is 1. The van der Waals surface area contributed by atoms with E-state index in [2.05, 4.69) is 4.90 Å². The Morgan fingerprint density at radius 2 is 1.69 bits per heavy atom. The minimum atomic E-state index is -0.874. The van der Waals surface area contributed by atoms with Gasteiger partial charge < -0.3 is 24.4 Å². The van der Waals surface area contributed by atoms with Crippen LogP contribution in [0.4, 0.5) is 5.69 Å². The van der Waals surface area contributed by atoms with Crippen LogP contribution in [0.2, 0.25) is 0 Å². The van der Waals surface area contributed by atoms with Gasteiger partial charge in [0.2, 0.25) is 0 Å². The van der Waals surface area contributed by atoms with E-state index in [4.69, 9.17) is 9.47 Å². The van der Waals surface area contributed by atoms with Gasteiger partial charge in [-0.05, 0) is 42.9 Å². The minimum Gasteiger partial charge on any atom is -0.507 e. The molecule has 3 rings (SSSR count). The number of ether oxygens (including phenoxy) is 2. The maximum absolute atomic E-state index is 13.2. The summed E-state index contributed by atoms with van der Waals surface area (Å²) >= 11 is 0. The molecule has 0 radical (unpaired) electrons. The Kier molecular flexibility index (Phi) is 8.08. The molecule has 10 heteroatoms. The number of aliphatic hydroxyl groups is 1. The maximum atomic E-state index is 13.2. The van der Waals surface area contributed by atoms with Gasteiger partial charge in [0, 0.05) is 30.8 Å². The van der Waals surface area contributed by atoms with Gasteiger partial charge in [0.1, 0.15) is 5.76 Å². The lowest BCUT2D eigenvalue weighted by Crippen LogP contribution is -2.38. The average molecular weight is 484 g/mol. The molecule has 0 bridgehead atoms. The number of nitro benzene ring substituents is 1. The fourth-order valence-corrected chi connectivity index (χ4v) is 4.17. The first-order valence-corrected chi connectivity index (χ1v) is 11.2. The first kappa shape index (κ1) is 25.7. The summed E-state index contributed by atoms with van der Waals surface area (Å²) in [5.41, 5.74) is 0.515. The molecule has 0 saturated carbocycles. The number of hydrogen-bond donors (Lipinski definition) is 1. The Labute approximate surface area is 203 Å². The van der Waals surface area contributed by atoms with Crippen molar-refractivity contribution in [3.05, 3.63) is 69.3 Å². The number of methoxy groups -OCH3 is 2. The van der Waals surface area contributed by atoms with Gasteiger partial charge in [-0.1, -0.05) is 19.9 Å². The Morgan fingerprint density at radius 1 is 1.06 bits per heavy atom. The third kappa shape index (κ3) is 5.12. The smallest absolute Gasteiger partial charge is 0.295 e. The van der Waals surface area contributed by atoms with E-state index in [1.807, 2.05) is 13.8 Å². The number of carbonyl (C=O) groups excluding carboxylic acids is 2. The van der Waals surface area contributed by atoms with Crippen LogP contribution in [0.5, 0.6) is 11.5 Å². The van der Waals surface area contributed by atoms with Gasteiger partial charge in [-0.3, -0.25) is 19.7 Å². The summed E-state index contributed by atoms with van der Waals surface area (Å²) in [5.74, 6) is -1.05. The normalized spacial score (nSPS) is 17.2. The predicted octanol–water partition coefficient (Wildman–Crippen LogP) is 3.38. The van der Waals surface area contributed by atoms with E-state index in [-0.39, 0.29) is 23.4 Å². The number of ketones is 1. The van der Waals surface area contributed by atoms with Crippen LogP contribution in [-0.4, -0.2) is 71.9 Å². The van der Waals surface area contributed by atoms with Crippen molar-refractivity contribution in [2.24, 2.45) is 0 Å². The van der Waals surface area contributed by atoms with Crippen molar-refractivity contribution < 1.29 is 29.1 Å². The summed E-state index contributed by atoms with van der Waals surface area (Å²) in [7, 11) is 2.98. The number of benzene rings is 2. The van der Waals surface area contributed by atoms with Gasteiger partial charge >= 0.3 is 0 Å². The fraction of sp³-hybridized carbons (Fsp3) is 0.360. The highest BCUT2D eigenvalue weighted by Crippen LogP contribution is 2.42. The molecule has 1 heterocycles. The van der Waals surface area contributed by atoms with Gasteiger partial charge in [-0.2, -0.15) is 0 Å². The molecule has 1 saturated heterocycles. The number of aliphatic hydroxyl groups excluding tert-OH is 1. The predicted molar refractivity (Wildman–Crippen MR) is 129 cm³/mol. The highest BCUT2D eigenvalue weighted by atomic mass is 16.6. The molecule has 1 atom stereocenters. The highest BCUT2D eigenvalue weighted by molar-refractivity contribution is 6.46. The number of rotatable bonds is 10. The van der Waals surface area contributed by atoms with E-state index >= 15 is 0 Å². The van der Waals surface area contributed by atoms with Crippen LogP contribution < -0.4 is 9.47 Å². The number of likely N-dealkylation sites (N-methyl/N-ethyl adjacent to an activating group) is 1. The SMILES string of the molecule is CCN(CC)CCN1C(=O)C(=O)/C(=C(/O)c2ccc([N+](=O)[O-])cc2)[C@H]1c1ccc(OC)c(OC)c1.